The second-order valence-electron chi connectivity index (χ2n) is 7.32. The number of amides is 1. The van der Waals surface area contributed by atoms with E-state index < -0.39 is 5.60 Å². The van der Waals surface area contributed by atoms with Gasteiger partial charge in [-0.05, 0) is 30.9 Å². The third-order valence-electron chi connectivity index (χ3n) is 5.74. The Balaban J connectivity index is 1.46. The van der Waals surface area contributed by atoms with Gasteiger partial charge in [-0.25, -0.2) is 0 Å². The molecule has 2 aliphatic heterocycles. The van der Waals surface area contributed by atoms with E-state index in [1.165, 1.54) is 0 Å². The molecule has 0 bridgehead atoms. The summed E-state index contributed by atoms with van der Waals surface area (Å²) in [6.07, 6.45) is 6.23. The minimum absolute atomic E-state index is 0.124. The molecule has 0 aromatic carbocycles. The Kier molecular flexibility index (Phi) is 4.91. The highest BCUT2D eigenvalue weighted by Crippen LogP contribution is 2.30. The minimum atomic E-state index is -0.707. The Labute approximate surface area is 153 Å². The molecule has 1 amide bonds. The van der Waals surface area contributed by atoms with E-state index in [1.807, 2.05) is 33.7 Å². The van der Waals surface area contributed by atoms with Crippen molar-refractivity contribution in [2.45, 2.75) is 37.7 Å². The number of carbonyl (C=O) groups excluding carboxylic acids is 1. The Bertz CT molecular complexity index is 769. The summed E-state index contributed by atoms with van der Waals surface area (Å²) in [4.78, 5) is 15.2. The van der Waals surface area contributed by atoms with Gasteiger partial charge in [0.2, 0.25) is 0 Å². The first-order valence-electron chi connectivity index (χ1n) is 9.43. The van der Waals surface area contributed by atoms with E-state index in [0.717, 1.165) is 43.8 Å². The van der Waals surface area contributed by atoms with E-state index in [0.29, 0.717) is 32.0 Å². The van der Waals surface area contributed by atoms with Gasteiger partial charge in [-0.3, -0.25) is 9.20 Å². The lowest BCUT2D eigenvalue weighted by molar-refractivity contribution is -0.168. The van der Waals surface area contributed by atoms with Gasteiger partial charge in [0.25, 0.3) is 5.91 Å². The molecule has 7 nitrogen and oxygen atoms in total. The largest absolute Gasteiger partial charge is 0.381 e. The summed E-state index contributed by atoms with van der Waals surface area (Å²) < 4.78 is 13.2. The van der Waals surface area contributed by atoms with E-state index in [2.05, 4.69) is 10.2 Å². The summed E-state index contributed by atoms with van der Waals surface area (Å²) in [5.74, 6) is 1.49. The van der Waals surface area contributed by atoms with E-state index in [-0.39, 0.29) is 5.91 Å². The van der Waals surface area contributed by atoms with Crippen molar-refractivity contribution in [3.63, 3.8) is 0 Å². The number of likely N-dealkylation sites (tertiary alicyclic amines) is 1. The number of rotatable bonds is 4. The van der Waals surface area contributed by atoms with Crippen molar-refractivity contribution in [3.8, 4) is 0 Å². The average molecular weight is 358 g/mol. The van der Waals surface area contributed by atoms with Crippen molar-refractivity contribution >= 4 is 11.6 Å². The van der Waals surface area contributed by atoms with Crippen molar-refractivity contribution in [2.24, 2.45) is 5.92 Å². The van der Waals surface area contributed by atoms with Gasteiger partial charge in [0.05, 0.1) is 0 Å². The third kappa shape index (κ3) is 3.21. The highest BCUT2D eigenvalue weighted by Gasteiger charge is 2.43. The van der Waals surface area contributed by atoms with Crippen molar-refractivity contribution in [2.75, 3.05) is 33.4 Å². The van der Waals surface area contributed by atoms with Gasteiger partial charge in [0.15, 0.2) is 11.2 Å². The third-order valence-corrected chi connectivity index (χ3v) is 5.74. The van der Waals surface area contributed by atoms with Crippen LogP contribution < -0.4 is 0 Å². The molecule has 0 aliphatic carbocycles. The van der Waals surface area contributed by atoms with Crippen molar-refractivity contribution in [1.82, 2.24) is 19.5 Å². The molecule has 1 atom stereocenters. The van der Waals surface area contributed by atoms with Crippen LogP contribution in [0.1, 0.15) is 31.5 Å². The molecule has 1 unspecified atom stereocenters. The fourth-order valence-corrected chi connectivity index (χ4v) is 4.20. The SMILES string of the molecule is COC1(C(=O)N2CCCC(Cc3nnc4ccccn34)C2)CCOCC1. The van der Waals surface area contributed by atoms with Crippen molar-refractivity contribution < 1.29 is 14.3 Å². The summed E-state index contributed by atoms with van der Waals surface area (Å²) in [7, 11) is 1.65. The Hall–Kier alpha value is -1.99. The number of carbonyl (C=O) groups is 1. The molecule has 0 spiro atoms. The van der Waals surface area contributed by atoms with Crippen LogP contribution in [-0.2, 0) is 20.7 Å². The van der Waals surface area contributed by atoms with Crippen LogP contribution in [-0.4, -0.2) is 64.4 Å². The Morgan fingerprint density at radius 2 is 2.19 bits per heavy atom. The number of methoxy groups -OCH3 is 1. The molecule has 7 heteroatoms. The molecule has 2 aliphatic rings. The van der Waals surface area contributed by atoms with E-state index in [1.54, 1.807) is 7.11 Å². The molecular formula is C19H26N4O3. The summed E-state index contributed by atoms with van der Waals surface area (Å²) in [5, 5.41) is 8.58. The molecule has 4 heterocycles. The van der Waals surface area contributed by atoms with Crippen LogP contribution in [0, 0.1) is 5.92 Å². The molecule has 2 fully saturated rings. The average Bonchev–Trinajstić information content (AvgIpc) is 3.11. The predicted octanol–water partition coefficient (Wildman–Crippen LogP) is 1.71. The van der Waals surface area contributed by atoms with E-state index >= 15 is 0 Å². The van der Waals surface area contributed by atoms with Crippen LogP contribution in [0.4, 0.5) is 0 Å². The normalized spacial score (nSPS) is 23.3. The number of nitrogens with zero attached hydrogens (tertiary/aromatic N) is 4. The standard InChI is InChI=1S/C19H26N4O3/c1-25-19(7-11-26-12-8-19)18(24)22-9-4-5-15(14-22)13-17-21-20-16-6-2-3-10-23(16)17/h2-3,6,10,15H,4-5,7-9,11-14H2,1H3. The first-order valence-corrected chi connectivity index (χ1v) is 9.43. The number of ether oxygens (including phenoxy) is 2. The lowest BCUT2D eigenvalue weighted by atomic mass is 9.89. The fourth-order valence-electron chi connectivity index (χ4n) is 4.20. The zero-order valence-corrected chi connectivity index (χ0v) is 15.3. The van der Waals surface area contributed by atoms with Gasteiger partial charge in [-0.2, -0.15) is 0 Å². The lowest BCUT2D eigenvalue weighted by Gasteiger charge is -2.41. The molecule has 2 saturated heterocycles. The lowest BCUT2D eigenvalue weighted by Crippen LogP contribution is -2.55. The highest BCUT2D eigenvalue weighted by molar-refractivity contribution is 5.85. The number of fused-ring (bicyclic) bond motifs is 1. The summed E-state index contributed by atoms with van der Waals surface area (Å²) in [6.45, 7) is 2.74. The number of piperidine rings is 1. The van der Waals surface area contributed by atoms with Crippen LogP contribution in [0.2, 0.25) is 0 Å². The smallest absolute Gasteiger partial charge is 0.254 e. The van der Waals surface area contributed by atoms with Gasteiger partial charge in [-0.1, -0.05) is 6.07 Å². The molecule has 0 saturated carbocycles. The van der Waals surface area contributed by atoms with Gasteiger partial charge < -0.3 is 14.4 Å². The molecule has 2 aromatic rings. The zero-order valence-electron chi connectivity index (χ0n) is 15.3. The van der Waals surface area contributed by atoms with Crippen LogP contribution in [0.25, 0.3) is 5.65 Å². The van der Waals surface area contributed by atoms with E-state index in [4.69, 9.17) is 9.47 Å². The zero-order chi connectivity index (χ0) is 18.0. The summed E-state index contributed by atoms with van der Waals surface area (Å²) in [6, 6.07) is 5.91. The van der Waals surface area contributed by atoms with Gasteiger partial charge >= 0.3 is 0 Å². The number of hydrogen-bond donors (Lipinski definition) is 0. The molecule has 140 valence electrons. The molecule has 0 radical (unpaired) electrons. The quantitative estimate of drug-likeness (QED) is 0.832. The van der Waals surface area contributed by atoms with Crippen LogP contribution in [0.5, 0.6) is 0 Å². The number of hydrogen-bond acceptors (Lipinski definition) is 5. The summed E-state index contributed by atoms with van der Waals surface area (Å²) in [5.41, 5.74) is 0.161. The number of aromatic nitrogens is 3. The van der Waals surface area contributed by atoms with Crippen molar-refractivity contribution in [3.05, 3.63) is 30.2 Å². The second-order valence-corrected chi connectivity index (χ2v) is 7.32. The van der Waals surface area contributed by atoms with Crippen LogP contribution in [0.15, 0.2) is 24.4 Å². The maximum Gasteiger partial charge on any atom is 0.254 e. The molecule has 26 heavy (non-hydrogen) atoms. The monoisotopic (exact) mass is 358 g/mol. The van der Waals surface area contributed by atoms with Gasteiger partial charge in [0, 0.05) is 58.9 Å². The van der Waals surface area contributed by atoms with Gasteiger partial charge in [-0.15, -0.1) is 10.2 Å². The molecule has 2 aromatic heterocycles. The molecule has 4 rings (SSSR count). The fraction of sp³-hybridized carbons (Fsp3) is 0.632. The topological polar surface area (TPSA) is 69.0 Å². The maximum absolute atomic E-state index is 13.2. The first kappa shape index (κ1) is 17.4. The van der Waals surface area contributed by atoms with Crippen molar-refractivity contribution in [1.29, 1.82) is 0 Å². The summed E-state index contributed by atoms with van der Waals surface area (Å²) >= 11 is 0. The van der Waals surface area contributed by atoms with Crippen LogP contribution in [0.3, 0.4) is 0 Å². The Morgan fingerprint density at radius 1 is 1.35 bits per heavy atom. The highest BCUT2D eigenvalue weighted by atomic mass is 16.5. The minimum Gasteiger partial charge on any atom is -0.381 e. The predicted molar refractivity (Wildman–Crippen MR) is 95.8 cm³/mol. The van der Waals surface area contributed by atoms with Crippen LogP contribution >= 0.6 is 0 Å². The molecular weight excluding hydrogens is 332 g/mol. The number of pyridine rings is 1. The second kappa shape index (κ2) is 7.32. The van der Waals surface area contributed by atoms with Gasteiger partial charge in [0.1, 0.15) is 5.82 Å². The maximum atomic E-state index is 13.2. The molecule has 0 N–H and O–H groups in total. The Morgan fingerprint density at radius 3 is 3.00 bits per heavy atom. The first-order chi connectivity index (χ1) is 12.7. The van der Waals surface area contributed by atoms with E-state index in [9.17, 15) is 4.79 Å².